The normalized spacial score (nSPS) is 11.9. The fourth-order valence-electron chi connectivity index (χ4n) is 1.19. The van der Waals surface area contributed by atoms with Crippen LogP contribution in [0.3, 0.4) is 0 Å². The van der Waals surface area contributed by atoms with Gasteiger partial charge in [0.25, 0.3) is 0 Å². The summed E-state index contributed by atoms with van der Waals surface area (Å²) in [6, 6.07) is 7.94. The molecule has 72 valence electrons. The van der Waals surface area contributed by atoms with Crippen LogP contribution in [-0.2, 0) is 0 Å². The first-order valence-corrected chi connectivity index (χ1v) is 4.95. The van der Waals surface area contributed by atoms with Crippen LogP contribution >= 0.6 is 11.3 Å². The summed E-state index contributed by atoms with van der Waals surface area (Å²) in [5.74, 6) is 5.32. The van der Waals surface area contributed by atoms with E-state index in [2.05, 4.69) is 10.4 Å². The molecular weight excluding hydrogens is 196 g/mol. The number of nitrogens with one attached hydrogen (secondary N) is 1. The maximum atomic E-state index is 5.44. The molecule has 5 N–H and O–H groups in total. The second-order valence-electron chi connectivity index (χ2n) is 2.78. The van der Waals surface area contributed by atoms with Gasteiger partial charge in [-0.1, -0.05) is 0 Å². The Morgan fingerprint density at radius 3 is 3.00 bits per heavy atom. The predicted octanol–water partition coefficient (Wildman–Crippen LogP) is 1.31. The quantitative estimate of drug-likeness (QED) is 0.285. The van der Waals surface area contributed by atoms with E-state index in [4.69, 9.17) is 11.6 Å². The van der Waals surface area contributed by atoms with Gasteiger partial charge >= 0.3 is 0 Å². The van der Waals surface area contributed by atoms with Crippen LogP contribution in [0.1, 0.15) is 0 Å². The number of rotatable bonds is 1. The Morgan fingerprint density at radius 2 is 2.21 bits per heavy atom. The van der Waals surface area contributed by atoms with E-state index in [0.29, 0.717) is 0 Å². The monoisotopic (exact) mass is 206 g/mol. The third-order valence-corrected chi connectivity index (χ3v) is 2.73. The molecule has 0 aliphatic carbocycles. The minimum Gasteiger partial charge on any atom is -0.369 e. The molecule has 0 unspecified atom stereocenters. The molecule has 0 amide bonds. The average molecular weight is 206 g/mol. The lowest BCUT2D eigenvalue weighted by molar-refractivity contribution is 1.01. The predicted molar refractivity (Wildman–Crippen MR) is 60.4 cm³/mol. The lowest BCUT2D eigenvalue weighted by atomic mass is 10.2. The number of nitrogens with zero attached hydrogens (tertiary/aromatic N) is 1. The van der Waals surface area contributed by atoms with Crippen LogP contribution in [0.5, 0.6) is 0 Å². The Labute approximate surface area is 85.2 Å². The number of hydrogen-bond acceptors (Lipinski definition) is 3. The van der Waals surface area contributed by atoms with Crippen molar-refractivity contribution in [2.24, 2.45) is 16.6 Å². The van der Waals surface area contributed by atoms with E-state index in [-0.39, 0.29) is 5.96 Å². The molecule has 0 saturated carbocycles. The molecule has 0 saturated heterocycles. The van der Waals surface area contributed by atoms with Crippen LogP contribution in [0.25, 0.3) is 10.1 Å². The molecule has 4 nitrogen and oxygen atoms in total. The van der Waals surface area contributed by atoms with E-state index in [9.17, 15) is 0 Å². The number of hydrogen-bond donors (Lipinski definition) is 3. The van der Waals surface area contributed by atoms with Gasteiger partial charge in [0.05, 0.1) is 5.69 Å². The summed E-state index contributed by atoms with van der Waals surface area (Å²) in [5.41, 5.74) is 8.52. The second-order valence-corrected chi connectivity index (χ2v) is 3.73. The van der Waals surface area contributed by atoms with Gasteiger partial charge in [-0.05, 0) is 35.0 Å². The number of fused-ring (bicyclic) bond motifs is 1. The third kappa shape index (κ3) is 1.68. The number of hydrazine groups is 1. The summed E-state index contributed by atoms with van der Waals surface area (Å²) in [7, 11) is 0. The zero-order valence-corrected chi connectivity index (χ0v) is 8.21. The molecule has 0 aliphatic rings. The molecule has 5 heteroatoms. The molecule has 2 rings (SSSR count). The maximum Gasteiger partial charge on any atom is 0.208 e. The highest BCUT2D eigenvalue weighted by molar-refractivity contribution is 7.17. The van der Waals surface area contributed by atoms with E-state index in [0.717, 1.165) is 5.69 Å². The molecule has 0 fully saturated rings. The Bertz CT molecular complexity index is 474. The van der Waals surface area contributed by atoms with Gasteiger partial charge in [-0.3, -0.25) is 5.43 Å². The van der Waals surface area contributed by atoms with Crippen molar-refractivity contribution in [3.05, 3.63) is 29.6 Å². The number of guanidine groups is 1. The summed E-state index contributed by atoms with van der Waals surface area (Å²) in [4.78, 5) is 4.07. The highest BCUT2D eigenvalue weighted by Crippen LogP contribution is 2.25. The van der Waals surface area contributed by atoms with Crippen molar-refractivity contribution in [3.8, 4) is 0 Å². The molecule has 0 aliphatic heterocycles. The van der Waals surface area contributed by atoms with E-state index in [1.165, 1.54) is 10.1 Å². The van der Waals surface area contributed by atoms with Crippen LogP contribution < -0.4 is 17.0 Å². The van der Waals surface area contributed by atoms with Gasteiger partial charge in [0.15, 0.2) is 0 Å². The highest BCUT2D eigenvalue weighted by Gasteiger charge is 1.96. The topological polar surface area (TPSA) is 76.4 Å². The van der Waals surface area contributed by atoms with Crippen molar-refractivity contribution in [3.63, 3.8) is 0 Å². The first kappa shape index (κ1) is 8.98. The van der Waals surface area contributed by atoms with Gasteiger partial charge in [-0.25, -0.2) is 10.8 Å². The first-order valence-electron chi connectivity index (χ1n) is 4.07. The number of thiophene rings is 1. The van der Waals surface area contributed by atoms with Crippen LogP contribution in [0.2, 0.25) is 0 Å². The summed E-state index contributed by atoms with van der Waals surface area (Å²) < 4.78 is 1.24. The molecule has 1 heterocycles. The standard InChI is InChI=1S/C9H10N4S/c10-9(13-11)12-7-1-2-8-6(5-7)3-4-14-8/h1-5H,11H2,(H3,10,12,13). The summed E-state index contributed by atoms with van der Waals surface area (Å²) in [6.45, 7) is 0. The minimum atomic E-state index is 0.208. The SMILES string of the molecule is NNC(N)=Nc1ccc2sccc2c1. The van der Waals surface area contributed by atoms with Crippen LogP contribution in [0.15, 0.2) is 34.6 Å². The lowest BCUT2D eigenvalue weighted by Crippen LogP contribution is -2.36. The van der Waals surface area contributed by atoms with E-state index >= 15 is 0 Å². The Kier molecular flexibility index (Phi) is 2.34. The van der Waals surface area contributed by atoms with E-state index in [1.54, 1.807) is 11.3 Å². The largest absolute Gasteiger partial charge is 0.369 e. The molecule has 1 aromatic heterocycles. The molecule has 1 aromatic carbocycles. The molecule has 0 spiro atoms. The zero-order chi connectivity index (χ0) is 9.97. The Morgan fingerprint density at radius 1 is 1.36 bits per heavy atom. The van der Waals surface area contributed by atoms with Gasteiger partial charge in [0.1, 0.15) is 0 Å². The summed E-state index contributed by atoms with van der Waals surface area (Å²) >= 11 is 1.70. The van der Waals surface area contributed by atoms with Crippen molar-refractivity contribution in [2.75, 3.05) is 0 Å². The lowest BCUT2D eigenvalue weighted by Gasteiger charge is -1.98. The molecule has 0 atom stereocenters. The van der Waals surface area contributed by atoms with Crippen molar-refractivity contribution in [1.82, 2.24) is 5.43 Å². The second kappa shape index (κ2) is 3.65. The molecule has 14 heavy (non-hydrogen) atoms. The first-order chi connectivity index (χ1) is 6.79. The molecular formula is C9H10N4S. The minimum absolute atomic E-state index is 0.208. The van der Waals surface area contributed by atoms with E-state index in [1.807, 2.05) is 29.6 Å². The summed E-state index contributed by atoms with van der Waals surface area (Å²) in [5, 5.41) is 3.21. The van der Waals surface area contributed by atoms with Crippen molar-refractivity contribution < 1.29 is 0 Å². The number of nitrogens with two attached hydrogens (primary N) is 2. The Hall–Kier alpha value is -1.59. The van der Waals surface area contributed by atoms with Crippen molar-refractivity contribution in [2.45, 2.75) is 0 Å². The molecule has 0 bridgehead atoms. The fraction of sp³-hybridized carbons (Fsp3) is 0. The van der Waals surface area contributed by atoms with Gasteiger partial charge in [0, 0.05) is 4.70 Å². The van der Waals surface area contributed by atoms with Crippen LogP contribution in [0.4, 0.5) is 5.69 Å². The van der Waals surface area contributed by atoms with Gasteiger partial charge < -0.3 is 5.73 Å². The van der Waals surface area contributed by atoms with E-state index < -0.39 is 0 Å². The molecule has 0 radical (unpaired) electrons. The number of aliphatic imine (C=N–C) groups is 1. The Balaban J connectivity index is 2.44. The van der Waals surface area contributed by atoms with Gasteiger partial charge in [0.2, 0.25) is 5.96 Å². The van der Waals surface area contributed by atoms with Crippen molar-refractivity contribution in [1.29, 1.82) is 0 Å². The zero-order valence-electron chi connectivity index (χ0n) is 7.40. The maximum absolute atomic E-state index is 5.44. The average Bonchev–Trinajstić information content (AvgIpc) is 2.64. The summed E-state index contributed by atoms with van der Waals surface area (Å²) in [6.07, 6.45) is 0. The van der Waals surface area contributed by atoms with Crippen LogP contribution in [-0.4, -0.2) is 5.96 Å². The highest BCUT2D eigenvalue weighted by atomic mass is 32.1. The van der Waals surface area contributed by atoms with Crippen molar-refractivity contribution >= 4 is 33.1 Å². The number of benzene rings is 1. The molecule has 2 aromatic rings. The fourth-order valence-corrected chi connectivity index (χ4v) is 1.97. The smallest absolute Gasteiger partial charge is 0.208 e. The van der Waals surface area contributed by atoms with Gasteiger partial charge in [-0.15, -0.1) is 11.3 Å². The third-order valence-electron chi connectivity index (χ3n) is 1.83. The van der Waals surface area contributed by atoms with Crippen LogP contribution in [0, 0.1) is 0 Å². The van der Waals surface area contributed by atoms with Gasteiger partial charge in [-0.2, -0.15) is 0 Å².